The number of aliphatic hydroxyl groups is 1. The highest BCUT2D eigenvalue weighted by atomic mass is 19.1. The van der Waals surface area contributed by atoms with E-state index in [9.17, 15) is 13.9 Å². The zero-order valence-electron chi connectivity index (χ0n) is 10.9. The van der Waals surface area contributed by atoms with E-state index in [0.29, 0.717) is 13.0 Å². The maximum Gasteiger partial charge on any atom is 0.129 e. The molecule has 0 aliphatic rings. The van der Waals surface area contributed by atoms with Crippen molar-refractivity contribution in [2.75, 3.05) is 13.1 Å². The van der Waals surface area contributed by atoms with Gasteiger partial charge in [-0.15, -0.1) is 0 Å². The molecule has 1 heterocycles. The lowest BCUT2D eigenvalue weighted by molar-refractivity contribution is 0.170. The minimum Gasteiger partial charge on any atom is -0.387 e. The summed E-state index contributed by atoms with van der Waals surface area (Å²) in [5.41, 5.74) is 0.904. The van der Waals surface area contributed by atoms with E-state index in [0.717, 1.165) is 23.9 Å². The summed E-state index contributed by atoms with van der Waals surface area (Å²) >= 11 is 0. The summed E-state index contributed by atoms with van der Waals surface area (Å²) < 4.78 is 26.4. The van der Waals surface area contributed by atoms with E-state index in [2.05, 4.69) is 10.3 Å². The van der Waals surface area contributed by atoms with Crippen molar-refractivity contribution in [1.82, 2.24) is 10.3 Å². The molecule has 0 spiro atoms. The molecule has 2 aromatic rings. The zero-order chi connectivity index (χ0) is 14.4. The number of benzene rings is 1. The SMILES string of the molecule is OC(CNCCc1ccccn1)c1cc(F)ccc1F. The lowest BCUT2D eigenvalue weighted by atomic mass is 10.1. The maximum absolute atomic E-state index is 13.4. The van der Waals surface area contributed by atoms with E-state index in [1.165, 1.54) is 0 Å². The van der Waals surface area contributed by atoms with Crippen molar-refractivity contribution in [1.29, 1.82) is 0 Å². The van der Waals surface area contributed by atoms with Crippen molar-refractivity contribution < 1.29 is 13.9 Å². The van der Waals surface area contributed by atoms with Gasteiger partial charge in [0.1, 0.15) is 11.6 Å². The molecular weight excluding hydrogens is 262 g/mol. The third kappa shape index (κ3) is 4.08. The van der Waals surface area contributed by atoms with Crippen LogP contribution >= 0.6 is 0 Å². The number of rotatable bonds is 6. The van der Waals surface area contributed by atoms with Crippen LogP contribution in [-0.4, -0.2) is 23.2 Å². The number of hydrogen-bond donors (Lipinski definition) is 2. The second kappa shape index (κ2) is 7.07. The van der Waals surface area contributed by atoms with Gasteiger partial charge in [-0.1, -0.05) is 6.07 Å². The highest BCUT2D eigenvalue weighted by molar-refractivity contribution is 5.21. The van der Waals surface area contributed by atoms with Crippen molar-refractivity contribution in [2.24, 2.45) is 0 Å². The molecule has 1 atom stereocenters. The average Bonchev–Trinajstić information content (AvgIpc) is 2.47. The van der Waals surface area contributed by atoms with Gasteiger partial charge in [-0.25, -0.2) is 8.78 Å². The molecule has 0 aliphatic heterocycles. The molecule has 2 rings (SSSR count). The smallest absolute Gasteiger partial charge is 0.129 e. The Morgan fingerprint density at radius 1 is 1.20 bits per heavy atom. The van der Waals surface area contributed by atoms with Gasteiger partial charge in [-0.3, -0.25) is 4.98 Å². The first kappa shape index (κ1) is 14.6. The molecular formula is C15H16F2N2O. The number of pyridine rings is 1. The number of halogens is 2. The van der Waals surface area contributed by atoms with Crippen LogP contribution in [0, 0.1) is 11.6 Å². The predicted molar refractivity (Wildman–Crippen MR) is 72.1 cm³/mol. The minimum atomic E-state index is -1.07. The van der Waals surface area contributed by atoms with E-state index in [1.54, 1.807) is 6.20 Å². The number of nitrogens with zero attached hydrogens (tertiary/aromatic N) is 1. The van der Waals surface area contributed by atoms with Gasteiger partial charge >= 0.3 is 0 Å². The van der Waals surface area contributed by atoms with E-state index < -0.39 is 17.7 Å². The van der Waals surface area contributed by atoms with E-state index >= 15 is 0 Å². The molecule has 0 fully saturated rings. The van der Waals surface area contributed by atoms with E-state index in [4.69, 9.17) is 0 Å². The van der Waals surface area contributed by atoms with Crippen LogP contribution in [0.3, 0.4) is 0 Å². The van der Waals surface area contributed by atoms with Crippen LogP contribution in [0.5, 0.6) is 0 Å². The van der Waals surface area contributed by atoms with Crippen molar-refractivity contribution in [3.8, 4) is 0 Å². The number of aromatic nitrogens is 1. The first-order valence-corrected chi connectivity index (χ1v) is 6.40. The van der Waals surface area contributed by atoms with Gasteiger partial charge in [-0.2, -0.15) is 0 Å². The monoisotopic (exact) mass is 278 g/mol. The molecule has 5 heteroatoms. The third-order valence-corrected chi connectivity index (χ3v) is 2.94. The van der Waals surface area contributed by atoms with Crippen LogP contribution < -0.4 is 5.32 Å². The Kier molecular flexibility index (Phi) is 5.15. The Labute approximate surface area is 116 Å². The zero-order valence-corrected chi connectivity index (χ0v) is 10.9. The molecule has 3 nitrogen and oxygen atoms in total. The molecule has 1 unspecified atom stereocenters. The molecule has 0 radical (unpaired) electrons. The molecule has 1 aromatic heterocycles. The largest absolute Gasteiger partial charge is 0.387 e. The van der Waals surface area contributed by atoms with Crippen LogP contribution in [0.4, 0.5) is 8.78 Å². The Bertz CT molecular complexity index is 549. The van der Waals surface area contributed by atoms with Crippen molar-refractivity contribution in [3.05, 3.63) is 65.5 Å². The van der Waals surface area contributed by atoms with Gasteiger partial charge in [0, 0.05) is 37.0 Å². The lowest BCUT2D eigenvalue weighted by Gasteiger charge is -2.13. The van der Waals surface area contributed by atoms with Crippen molar-refractivity contribution in [2.45, 2.75) is 12.5 Å². The molecule has 1 aromatic carbocycles. The molecule has 106 valence electrons. The minimum absolute atomic E-state index is 0.0321. The van der Waals surface area contributed by atoms with E-state index in [1.807, 2.05) is 18.2 Å². The van der Waals surface area contributed by atoms with Gasteiger partial charge < -0.3 is 10.4 Å². The molecule has 0 saturated heterocycles. The molecule has 2 N–H and O–H groups in total. The molecule has 20 heavy (non-hydrogen) atoms. The highest BCUT2D eigenvalue weighted by Gasteiger charge is 2.13. The summed E-state index contributed by atoms with van der Waals surface area (Å²) in [5.74, 6) is -1.17. The number of aliphatic hydroxyl groups excluding tert-OH is 1. The highest BCUT2D eigenvalue weighted by Crippen LogP contribution is 2.17. The van der Waals surface area contributed by atoms with Crippen LogP contribution in [0.1, 0.15) is 17.4 Å². The fourth-order valence-corrected chi connectivity index (χ4v) is 1.88. The summed E-state index contributed by atoms with van der Waals surface area (Å²) in [6.07, 6.45) is 1.35. The van der Waals surface area contributed by atoms with Gasteiger partial charge in [0.15, 0.2) is 0 Å². The second-order valence-corrected chi connectivity index (χ2v) is 4.46. The third-order valence-electron chi connectivity index (χ3n) is 2.94. The van der Waals surface area contributed by atoms with Crippen LogP contribution in [0.25, 0.3) is 0 Å². The second-order valence-electron chi connectivity index (χ2n) is 4.46. The Morgan fingerprint density at radius 3 is 2.80 bits per heavy atom. The topological polar surface area (TPSA) is 45.1 Å². The molecule has 0 aliphatic carbocycles. The molecule has 0 bridgehead atoms. The van der Waals surface area contributed by atoms with Gasteiger partial charge in [0.05, 0.1) is 6.10 Å². The summed E-state index contributed by atoms with van der Waals surface area (Å²) in [5, 5.41) is 12.8. The van der Waals surface area contributed by atoms with Crippen LogP contribution in [-0.2, 0) is 6.42 Å². The first-order chi connectivity index (χ1) is 9.66. The van der Waals surface area contributed by atoms with Crippen molar-refractivity contribution >= 4 is 0 Å². The number of hydrogen-bond acceptors (Lipinski definition) is 3. The Morgan fingerprint density at radius 2 is 2.05 bits per heavy atom. The molecule has 0 saturated carbocycles. The van der Waals surface area contributed by atoms with Gasteiger partial charge in [-0.05, 0) is 30.3 Å². The summed E-state index contributed by atoms with van der Waals surface area (Å²) in [6.45, 7) is 0.762. The Hall–Kier alpha value is -1.85. The Balaban J connectivity index is 1.80. The van der Waals surface area contributed by atoms with Gasteiger partial charge in [0.25, 0.3) is 0 Å². The number of nitrogens with one attached hydrogen (secondary N) is 1. The lowest BCUT2D eigenvalue weighted by Crippen LogP contribution is -2.24. The fraction of sp³-hybridized carbons (Fsp3) is 0.267. The van der Waals surface area contributed by atoms with Gasteiger partial charge in [0.2, 0.25) is 0 Å². The standard InChI is InChI=1S/C15H16F2N2O/c16-11-4-5-14(17)13(9-11)15(20)10-18-8-6-12-3-1-2-7-19-12/h1-5,7,9,15,18,20H,6,8,10H2. The average molecular weight is 278 g/mol. The maximum atomic E-state index is 13.4. The summed E-state index contributed by atoms with van der Waals surface area (Å²) in [6, 6.07) is 8.71. The van der Waals surface area contributed by atoms with Crippen LogP contribution in [0.2, 0.25) is 0 Å². The van der Waals surface area contributed by atoms with Crippen molar-refractivity contribution in [3.63, 3.8) is 0 Å². The quantitative estimate of drug-likeness (QED) is 0.796. The fourth-order valence-electron chi connectivity index (χ4n) is 1.88. The molecule has 0 amide bonds. The summed E-state index contributed by atoms with van der Waals surface area (Å²) in [4.78, 5) is 4.17. The first-order valence-electron chi connectivity index (χ1n) is 6.40. The predicted octanol–water partition coefficient (Wildman–Crippen LogP) is 2.23. The van der Waals surface area contributed by atoms with Crippen LogP contribution in [0.15, 0.2) is 42.6 Å². The summed E-state index contributed by atoms with van der Waals surface area (Å²) in [7, 11) is 0. The van der Waals surface area contributed by atoms with E-state index in [-0.39, 0.29) is 12.1 Å². The normalized spacial score (nSPS) is 12.3.